The lowest BCUT2D eigenvalue weighted by Gasteiger charge is -2.03. The maximum Gasteiger partial charge on any atom is 0.419 e. The summed E-state index contributed by atoms with van der Waals surface area (Å²) >= 11 is 1.43. The van der Waals surface area contributed by atoms with Crippen molar-refractivity contribution in [1.82, 2.24) is 29.6 Å². The summed E-state index contributed by atoms with van der Waals surface area (Å²) in [5.41, 5.74) is 2.41. The fourth-order valence-corrected chi connectivity index (χ4v) is 4.45. The fourth-order valence-electron chi connectivity index (χ4n) is 2.78. The van der Waals surface area contributed by atoms with Crippen molar-refractivity contribution in [1.29, 1.82) is 0 Å². The molecule has 0 bridgehead atoms. The Morgan fingerprint density at radius 2 is 2.03 bits per heavy atom. The number of carboxylic acid groups (broad SMARTS) is 1. The zero-order valence-corrected chi connectivity index (χ0v) is 17.9. The highest BCUT2D eigenvalue weighted by Gasteiger charge is 2.21. The van der Waals surface area contributed by atoms with E-state index in [0.29, 0.717) is 5.01 Å². The third-order valence-corrected chi connectivity index (χ3v) is 6.49. The van der Waals surface area contributed by atoms with Gasteiger partial charge in [0.25, 0.3) is 0 Å². The molecule has 1 amide bonds. The highest BCUT2D eigenvalue weighted by atomic mass is 32.2. The van der Waals surface area contributed by atoms with Gasteiger partial charge in [-0.1, -0.05) is 6.07 Å². The second-order valence-electron chi connectivity index (χ2n) is 6.59. The van der Waals surface area contributed by atoms with E-state index in [4.69, 9.17) is 9.52 Å². The topological polar surface area (TPSA) is 160 Å². The van der Waals surface area contributed by atoms with Crippen LogP contribution < -0.4 is 9.44 Å². The van der Waals surface area contributed by atoms with E-state index >= 15 is 0 Å². The Bertz CT molecular complexity index is 1390. The number of pyridine rings is 1. The van der Waals surface area contributed by atoms with Crippen molar-refractivity contribution >= 4 is 37.9 Å². The molecule has 3 aromatic heterocycles. The number of fused-ring (bicyclic) bond motifs is 1. The summed E-state index contributed by atoms with van der Waals surface area (Å²) in [5, 5.41) is 16.9. The molecule has 0 saturated carbocycles. The number of halogens is 1. The van der Waals surface area contributed by atoms with Crippen LogP contribution in [0.25, 0.3) is 21.3 Å². The maximum absolute atomic E-state index is 13.1. The smallest absolute Gasteiger partial charge is 0.419 e. The molecule has 0 saturated heterocycles. The lowest BCUT2D eigenvalue weighted by atomic mass is 10.1. The minimum Gasteiger partial charge on any atom is -0.464 e. The molecule has 0 aliphatic carbocycles. The van der Waals surface area contributed by atoms with Crippen molar-refractivity contribution < 1.29 is 27.1 Å². The molecule has 1 aromatic carbocycles. The van der Waals surface area contributed by atoms with Gasteiger partial charge in [-0.2, -0.15) is 17.5 Å². The largest absolute Gasteiger partial charge is 0.464 e. The average molecular weight is 478 g/mol. The maximum atomic E-state index is 13.1. The monoisotopic (exact) mass is 478 g/mol. The zero-order valence-electron chi connectivity index (χ0n) is 16.3. The first-order chi connectivity index (χ1) is 15.2. The van der Waals surface area contributed by atoms with Crippen molar-refractivity contribution in [2.75, 3.05) is 0 Å². The lowest BCUT2D eigenvalue weighted by Crippen LogP contribution is -2.39. The standard InChI is InChI=1S/C18H15FN6O5S2/c1-9(16-24-23-15(30-16)8-21-32(28,29)25-18(26)27)17-22-12-4-2-10(6-13(12)31-17)11-3-5-14(19)20-7-11/h2-7,9,21,25H,8H2,1H3,(H,26,27). The molecule has 0 radical (unpaired) electrons. The highest BCUT2D eigenvalue weighted by molar-refractivity contribution is 7.88. The molecule has 0 spiro atoms. The Balaban J connectivity index is 1.51. The number of rotatable bonds is 7. The summed E-state index contributed by atoms with van der Waals surface area (Å²) in [6.07, 6.45) is -0.256. The average Bonchev–Trinajstić information content (AvgIpc) is 3.38. The minimum absolute atomic E-state index is 0.0326. The summed E-state index contributed by atoms with van der Waals surface area (Å²) in [6.45, 7) is 1.44. The first kappa shape index (κ1) is 21.7. The van der Waals surface area contributed by atoms with Gasteiger partial charge in [-0.15, -0.1) is 21.5 Å². The van der Waals surface area contributed by atoms with E-state index < -0.39 is 22.3 Å². The van der Waals surface area contributed by atoms with E-state index in [1.54, 1.807) is 6.07 Å². The van der Waals surface area contributed by atoms with Gasteiger partial charge in [-0.3, -0.25) is 0 Å². The van der Waals surface area contributed by atoms with Crippen LogP contribution in [0.2, 0.25) is 0 Å². The third-order valence-electron chi connectivity index (χ3n) is 4.32. The molecular formula is C18H15FN6O5S2. The van der Waals surface area contributed by atoms with Crippen LogP contribution in [0.5, 0.6) is 0 Å². The number of thiazole rings is 1. The Labute approximate surface area is 184 Å². The van der Waals surface area contributed by atoms with Gasteiger partial charge in [0, 0.05) is 11.8 Å². The SMILES string of the molecule is CC(c1nnc(CNS(=O)(=O)NC(=O)O)o1)c1nc2ccc(-c3ccc(F)nc3)cc2s1. The third kappa shape index (κ3) is 4.87. The molecule has 3 N–H and O–H groups in total. The number of carbonyl (C=O) groups is 1. The predicted molar refractivity (Wildman–Crippen MR) is 112 cm³/mol. The Morgan fingerprint density at radius 3 is 2.75 bits per heavy atom. The van der Waals surface area contributed by atoms with Crippen LogP contribution in [-0.2, 0) is 16.8 Å². The van der Waals surface area contributed by atoms with Gasteiger partial charge in [0.2, 0.25) is 17.7 Å². The molecule has 1 unspecified atom stereocenters. The number of benzene rings is 1. The molecule has 3 heterocycles. The molecule has 11 nitrogen and oxygen atoms in total. The summed E-state index contributed by atoms with van der Waals surface area (Å²) in [6, 6.07) is 8.60. The van der Waals surface area contributed by atoms with Gasteiger partial charge in [-0.05, 0) is 36.8 Å². The van der Waals surface area contributed by atoms with Gasteiger partial charge >= 0.3 is 16.3 Å². The van der Waals surface area contributed by atoms with Crippen LogP contribution in [0, 0.1) is 5.95 Å². The first-order valence-corrected chi connectivity index (χ1v) is 11.3. The van der Waals surface area contributed by atoms with Crippen LogP contribution >= 0.6 is 11.3 Å². The second kappa shape index (κ2) is 8.57. The van der Waals surface area contributed by atoms with Crippen LogP contribution in [0.3, 0.4) is 0 Å². The van der Waals surface area contributed by atoms with Crippen molar-refractivity contribution in [2.45, 2.75) is 19.4 Å². The molecule has 14 heteroatoms. The first-order valence-electron chi connectivity index (χ1n) is 9.05. The van der Waals surface area contributed by atoms with E-state index in [1.165, 1.54) is 28.3 Å². The van der Waals surface area contributed by atoms with Crippen LogP contribution in [0.15, 0.2) is 40.9 Å². The summed E-state index contributed by atoms with van der Waals surface area (Å²) in [5.74, 6) is -0.714. The van der Waals surface area contributed by atoms with E-state index in [2.05, 4.69) is 20.2 Å². The number of hydrogen-bond donors (Lipinski definition) is 3. The fraction of sp³-hybridized carbons (Fsp3) is 0.167. The van der Waals surface area contributed by atoms with Crippen molar-refractivity contribution in [3.05, 3.63) is 59.3 Å². The van der Waals surface area contributed by atoms with Crippen LogP contribution in [0.1, 0.15) is 29.6 Å². The summed E-state index contributed by atoms with van der Waals surface area (Å²) in [7, 11) is -4.25. The Hall–Kier alpha value is -3.49. The quantitative estimate of drug-likeness (QED) is 0.339. The van der Waals surface area contributed by atoms with Crippen molar-refractivity contribution in [3.63, 3.8) is 0 Å². The number of nitrogens with one attached hydrogen (secondary N) is 2. The molecule has 1 atom stereocenters. The summed E-state index contributed by atoms with van der Waals surface area (Å²) < 4.78 is 45.8. The van der Waals surface area contributed by atoms with Gasteiger partial charge < -0.3 is 9.52 Å². The molecule has 166 valence electrons. The molecule has 0 aliphatic heterocycles. The molecular weight excluding hydrogens is 463 g/mol. The van der Waals surface area contributed by atoms with E-state index in [9.17, 15) is 17.6 Å². The number of amides is 1. The highest BCUT2D eigenvalue weighted by Crippen LogP contribution is 2.33. The van der Waals surface area contributed by atoms with Crippen LogP contribution in [-0.4, -0.2) is 39.8 Å². The predicted octanol–water partition coefficient (Wildman–Crippen LogP) is 2.63. The van der Waals surface area contributed by atoms with Crippen LogP contribution in [0.4, 0.5) is 9.18 Å². The molecule has 4 aromatic rings. The van der Waals surface area contributed by atoms with Gasteiger partial charge in [0.15, 0.2) is 0 Å². The zero-order chi connectivity index (χ0) is 22.9. The van der Waals surface area contributed by atoms with Crippen molar-refractivity contribution in [2.24, 2.45) is 0 Å². The van der Waals surface area contributed by atoms with Crippen molar-refractivity contribution in [3.8, 4) is 11.1 Å². The number of aromatic nitrogens is 4. The number of nitrogens with zero attached hydrogens (tertiary/aromatic N) is 4. The molecule has 4 rings (SSSR count). The van der Waals surface area contributed by atoms with Gasteiger partial charge in [0.05, 0.1) is 22.7 Å². The number of hydrogen-bond acceptors (Lipinski definition) is 9. The molecule has 0 aliphatic rings. The summed E-state index contributed by atoms with van der Waals surface area (Å²) in [4.78, 5) is 18.7. The van der Waals surface area contributed by atoms with Gasteiger partial charge in [-0.25, -0.2) is 19.5 Å². The lowest BCUT2D eigenvalue weighted by molar-refractivity contribution is 0.201. The minimum atomic E-state index is -4.25. The second-order valence-corrected chi connectivity index (χ2v) is 9.15. The van der Waals surface area contributed by atoms with E-state index in [0.717, 1.165) is 21.3 Å². The molecule has 0 fully saturated rings. The van der Waals surface area contributed by atoms with Gasteiger partial charge in [0.1, 0.15) is 5.01 Å². The van der Waals surface area contributed by atoms with E-state index in [1.807, 2.05) is 29.8 Å². The Morgan fingerprint density at radius 1 is 1.25 bits per heavy atom. The normalized spacial score (nSPS) is 12.7. The molecule has 32 heavy (non-hydrogen) atoms. The Kier molecular flexibility index (Phi) is 5.82. The van der Waals surface area contributed by atoms with E-state index in [-0.39, 0.29) is 24.2 Å².